The van der Waals surface area contributed by atoms with Gasteiger partial charge in [-0.1, -0.05) is 38.0 Å². The third-order valence-electron chi connectivity index (χ3n) is 10.9. The summed E-state index contributed by atoms with van der Waals surface area (Å²) in [5.74, 6) is -1.73. The van der Waals surface area contributed by atoms with Crippen LogP contribution in [0.1, 0.15) is 106 Å². The molecular weight excluding hydrogens is 637 g/mol. The first-order chi connectivity index (χ1) is 23.4. The van der Waals surface area contributed by atoms with E-state index in [0.717, 1.165) is 24.1 Å². The van der Waals surface area contributed by atoms with E-state index in [1.807, 2.05) is 38.1 Å². The SMILES string of the molecule is CCCC1C(C(=O)N2CCC(C#N)(c3ccccc3OC(C)CCC3(C(=O)O)CCC3)CC2)CCCN1C(=O)c1ncccc1C(F)(F)F. The summed E-state index contributed by atoms with van der Waals surface area (Å²) in [6.07, 6.45) is 2.35. The Labute approximate surface area is 285 Å². The van der Waals surface area contributed by atoms with Crippen LogP contribution < -0.4 is 4.74 Å². The molecule has 0 bridgehead atoms. The van der Waals surface area contributed by atoms with Gasteiger partial charge in [0, 0.05) is 37.4 Å². The highest BCUT2D eigenvalue weighted by Gasteiger charge is 2.46. The molecule has 3 fully saturated rings. The molecule has 2 aliphatic heterocycles. The van der Waals surface area contributed by atoms with Crippen LogP contribution in [0.5, 0.6) is 5.75 Å². The topological polar surface area (TPSA) is 124 Å². The zero-order valence-electron chi connectivity index (χ0n) is 28.2. The molecule has 3 unspecified atom stereocenters. The molecule has 3 heterocycles. The molecule has 1 saturated carbocycles. The van der Waals surface area contributed by atoms with Crippen molar-refractivity contribution in [1.82, 2.24) is 14.8 Å². The number of carbonyl (C=O) groups excluding carboxylic acids is 2. The van der Waals surface area contributed by atoms with Gasteiger partial charge in [0.05, 0.1) is 34.5 Å². The minimum atomic E-state index is -4.74. The zero-order valence-corrected chi connectivity index (χ0v) is 28.2. The van der Waals surface area contributed by atoms with Gasteiger partial charge in [-0.2, -0.15) is 18.4 Å². The third kappa shape index (κ3) is 7.41. The van der Waals surface area contributed by atoms with Crippen molar-refractivity contribution >= 4 is 17.8 Å². The smallest absolute Gasteiger partial charge is 0.418 e. The van der Waals surface area contributed by atoms with Crippen LogP contribution in [0.25, 0.3) is 0 Å². The highest BCUT2D eigenvalue weighted by atomic mass is 19.4. The van der Waals surface area contributed by atoms with Crippen molar-refractivity contribution in [2.75, 3.05) is 19.6 Å². The molecule has 3 atom stereocenters. The number of nitrogens with zero attached hydrogens (tertiary/aromatic N) is 4. The van der Waals surface area contributed by atoms with Gasteiger partial charge in [-0.15, -0.1) is 0 Å². The summed E-state index contributed by atoms with van der Waals surface area (Å²) < 4.78 is 47.6. The molecule has 1 N–H and O–H groups in total. The minimum Gasteiger partial charge on any atom is -0.490 e. The molecule has 0 spiro atoms. The van der Waals surface area contributed by atoms with Crippen molar-refractivity contribution < 1.29 is 37.4 Å². The molecule has 3 aliphatic rings. The lowest BCUT2D eigenvalue weighted by molar-refractivity contribution is -0.155. The predicted octanol–water partition coefficient (Wildman–Crippen LogP) is 7.01. The summed E-state index contributed by atoms with van der Waals surface area (Å²) in [5, 5.41) is 20.2. The van der Waals surface area contributed by atoms with E-state index < -0.39 is 52.1 Å². The molecule has 5 rings (SSSR count). The number of amides is 2. The molecule has 2 aromatic rings. The van der Waals surface area contributed by atoms with Gasteiger partial charge in [-0.25, -0.2) is 0 Å². The fourth-order valence-corrected chi connectivity index (χ4v) is 7.87. The number of benzene rings is 1. The largest absolute Gasteiger partial charge is 0.490 e. The summed E-state index contributed by atoms with van der Waals surface area (Å²) in [4.78, 5) is 46.5. The number of aliphatic carboxylic acids is 1. The van der Waals surface area contributed by atoms with Gasteiger partial charge in [0.25, 0.3) is 5.91 Å². The van der Waals surface area contributed by atoms with Gasteiger partial charge in [0.15, 0.2) is 0 Å². The van der Waals surface area contributed by atoms with Crippen molar-refractivity contribution in [1.29, 1.82) is 5.26 Å². The van der Waals surface area contributed by atoms with Gasteiger partial charge >= 0.3 is 12.1 Å². The molecule has 12 heteroatoms. The molecule has 264 valence electrons. The standard InChI is InChI=1S/C37H45F3N4O5/c1-3-9-29-26(10-7-21-44(29)33(46)31-28(37(38,39)40)12-6-20-42-31)32(45)43-22-18-36(24-41,19-23-43)27-11-4-5-13-30(27)49-25(2)14-17-35(34(47)48)15-8-16-35/h4-6,11-13,20,25-26,29H,3,7-10,14-19,21-23H2,1-2H3,(H,47,48). The van der Waals surface area contributed by atoms with E-state index in [1.54, 1.807) is 4.90 Å². The number of carbonyl (C=O) groups is 3. The van der Waals surface area contributed by atoms with Crippen LogP contribution >= 0.6 is 0 Å². The highest BCUT2D eigenvalue weighted by Crippen LogP contribution is 2.46. The van der Waals surface area contributed by atoms with E-state index in [1.165, 1.54) is 11.1 Å². The number of carboxylic acids is 1. The van der Waals surface area contributed by atoms with E-state index in [2.05, 4.69) is 11.1 Å². The van der Waals surface area contributed by atoms with Gasteiger partial charge < -0.3 is 19.6 Å². The zero-order chi connectivity index (χ0) is 35.4. The lowest BCUT2D eigenvalue weighted by atomic mass is 9.66. The molecule has 9 nitrogen and oxygen atoms in total. The van der Waals surface area contributed by atoms with Crippen LogP contribution in [-0.4, -0.2) is 69.5 Å². The van der Waals surface area contributed by atoms with Crippen LogP contribution in [0.15, 0.2) is 42.6 Å². The molecule has 1 aromatic heterocycles. The van der Waals surface area contributed by atoms with E-state index >= 15 is 0 Å². The van der Waals surface area contributed by atoms with Crippen molar-refractivity contribution in [2.45, 2.75) is 108 Å². The van der Waals surface area contributed by atoms with Crippen LogP contribution in [0.3, 0.4) is 0 Å². The Hall–Kier alpha value is -4.14. The highest BCUT2D eigenvalue weighted by molar-refractivity contribution is 5.95. The number of aromatic nitrogens is 1. The fourth-order valence-electron chi connectivity index (χ4n) is 7.87. The second-order valence-corrected chi connectivity index (χ2v) is 13.9. The molecule has 2 saturated heterocycles. The number of carboxylic acid groups (broad SMARTS) is 1. The van der Waals surface area contributed by atoms with Gasteiger partial charge in [0.1, 0.15) is 11.4 Å². The lowest BCUT2D eigenvalue weighted by Gasteiger charge is -2.44. The second-order valence-electron chi connectivity index (χ2n) is 13.9. The first kappa shape index (κ1) is 36.1. The lowest BCUT2D eigenvalue weighted by Crippen LogP contribution is -2.55. The average Bonchev–Trinajstić information content (AvgIpc) is 3.07. The number of alkyl halides is 3. The number of nitriles is 1. The van der Waals surface area contributed by atoms with Gasteiger partial charge in [-0.3, -0.25) is 19.4 Å². The number of ether oxygens (including phenoxy) is 1. The number of para-hydroxylation sites is 1. The number of hydrogen-bond donors (Lipinski definition) is 1. The maximum atomic E-state index is 14.1. The molecule has 2 amide bonds. The van der Waals surface area contributed by atoms with Crippen molar-refractivity contribution in [3.63, 3.8) is 0 Å². The number of likely N-dealkylation sites (tertiary alicyclic amines) is 2. The number of halogens is 3. The Balaban J connectivity index is 1.28. The number of rotatable bonds is 11. The van der Waals surface area contributed by atoms with E-state index in [9.17, 15) is 37.9 Å². The predicted molar refractivity (Wildman–Crippen MR) is 174 cm³/mol. The van der Waals surface area contributed by atoms with E-state index in [4.69, 9.17) is 4.74 Å². The molecular formula is C37H45F3N4O5. The first-order valence-corrected chi connectivity index (χ1v) is 17.4. The quantitative estimate of drug-likeness (QED) is 0.271. The maximum absolute atomic E-state index is 14.1. The van der Waals surface area contributed by atoms with E-state index in [-0.39, 0.29) is 18.6 Å². The van der Waals surface area contributed by atoms with Crippen molar-refractivity contribution in [2.24, 2.45) is 11.3 Å². The Morgan fingerprint density at radius 3 is 2.41 bits per heavy atom. The third-order valence-corrected chi connectivity index (χ3v) is 10.9. The maximum Gasteiger partial charge on any atom is 0.418 e. The monoisotopic (exact) mass is 682 g/mol. The summed E-state index contributed by atoms with van der Waals surface area (Å²) >= 11 is 0. The van der Waals surface area contributed by atoms with Crippen LogP contribution in [0.2, 0.25) is 0 Å². The van der Waals surface area contributed by atoms with Gasteiger partial charge in [0.2, 0.25) is 5.91 Å². The van der Waals surface area contributed by atoms with Crippen LogP contribution in [0.4, 0.5) is 13.2 Å². The summed E-state index contributed by atoms with van der Waals surface area (Å²) in [6, 6.07) is 11.3. The Morgan fingerprint density at radius 2 is 1.80 bits per heavy atom. The Bertz CT molecular complexity index is 1560. The van der Waals surface area contributed by atoms with Crippen LogP contribution in [0, 0.1) is 22.7 Å². The number of pyridine rings is 1. The number of hydrogen-bond acceptors (Lipinski definition) is 6. The normalized spacial score (nSPS) is 22.4. The minimum absolute atomic E-state index is 0.152. The second kappa shape index (κ2) is 14.8. The molecule has 49 heavy (non-hydrogen) atoms. The molecule has 1 aliphatic carbocycles. The molecule has 1 aromatic carbocycles. The first-order valence-electron chi connectivity index (χ1n) is 17.4. The average molecular weight is 683 g/mol. The summed E-state index contributed by atoms with van der Waals surface area (Å²) in [6.45, 7) is 4.68. The Morgan fingerprint density at radius 1 is 1.08 bits per heavy atom. The van der Waals surface area contributed by atoms with Crippen molar-refractivity contribution in [3.05, 3.63) is 59.4 Å². The Kier molecular flexibility index (Phi) is 10.9. The van der Waals surface area contributed by atoms with Gasteiger partial charge in [-0.05, 0) is 82.9 Å². The van der Waals surface area contributed by atoms with Crippen LogP contribution in [-0.2, 0) is 21.2 Å². The summed E-state index contributed by atoms with van der Waals surface area (Å²) in [7, 11) is 0. The van der Waals surface area contributed by atoms with Crippen molar-refractivity contribution in [3.8, 4) is 11.8 Å². The summed E-state index contributed by atoms with van der Waals surface area (Å²) in [5.41, 5.74) is -2.59. The fraction of sp³-hybridized carbons (Fsp3) is 0.595. The molecule has 0 radical (unpaired) electrons. The number of piperidine rings is 2. The van der Waals surface area contributed by atoms with E-state index in [0.29, 0.717) is 83.0 Å².